The zero-order valence-electron chi connectivity index (χ0n) is 14.0. The van der Waals surface area contributed by atoms with Crippen LogP contribution < -0.4 is 0 Å². The van der Waals surface area contributed by atoms with Crippen LogP contribution in [0.4, 0.5) is 0 Å². The molecular formula is C17H25NO4S. The van der Waals surface area contributed by atoms with E-state index in [1.807, 2.05) is 12.1 Å². The fourth-order valence-electron chi connectivity index (χ4n) is 2.85. The highest BCUT2D eigenvalue weighted by molar-refractivity contribution is 7.89. The van der Waals surface area contributed by atoms with E-state index in [1.165, 1.54) is 11.4 Å². The number of piperidine rings is 1. The molecule has 0 spiro atoms. The van der Waals surface area contributed by atoms with Gasteiger partial charge in [0.05, 0.1) is 17.9 Å². The second-order valence-electron chi connectivity index (χ2n) is 6.08. The zero-order chi connectivity index (χ0) is 17.0. The van der Waals surface area contributed by atoms with Crippen molar-refractivity contribution < 1.29 is 17.9 Å². The van der Waals surface area contributed by atoms with Gasteiger partial charge in [-0.05, 0) is 42.9 Å². The molecule has 1 aromatic carbocycles. The number of methoxy groups -OCH3 is 1. The number of benzene rings is 1. The largest absolute Gasteiger partial charge is 0.469 e. The van der Waals surface area contributed by atoms with E-state index in [2.05, 4.69) is 13.8 Å². The fraction of sp³-hybridized carbons (Fsp3) is 0.588. The molecule has 1 heterocycles. The molecule has 0 radical (unpaired) electrons. The van der Waals surface area contributed by atoms with Gasteiger partial charge in [-0.2, -0.15) is 4.31 Å². The molecule has 5 nitrogen and oxygen atoms in total. The molecule has 1 saturated heterocycles. The molecule has 1 aromatic rings. The molecule has 0 saturated carbocycles. The molecule has 2 rings (SSSR count). The van der Waals surface area contributed by atoms with Crippen molar-refractivity contribution in [3.05, 3.63) is 29.8 Å². The summed E-state index contributed by atoms with van der Waals surface area (Å²) in [6.07, 6.45) is 2.04. The first-order valence-corrected chi connectivity index (χ1v) is 9.52. The van der Waals surface area contributed by atoms with E-state index in [1.54, 1.807) is 12.1 Å². The van der Waals surface area contributed by atoms with Gasteiger partial charge in [0.15, 0.2) is 0 Å². The van der Waals surface area contributed by atoms with Crippen molar-refractivity contribution >= 4 is 16.0 Å². The number of carbonyl (C=O) groups excluding carboxylic acids is 1. The molecule has 6 heteroatoms. The third-order valence-electron chi connectivity index (χ3n) is 4.69. The lowest BCUT2D eigenvalue weighted by Crippen LogP contribution is -2.40. The zero-order valence-corrected chi connectivity index (χ0v) is 14.8. The molecule has 23 heavy (non-hydrogen) atoms. The predicted molar refractivity (Wildman–Crippen MR) is 88.6 cm³/mol. The maximum Gasteiger partial charge on any atom is 0.308 e. The SMILES string of the molecule is CCC(C)c1ccc(S(=O)(=O)N2CCC(C(=O)OC)CC2)cc1. The lowest BCUT2D eigenvalue weighted by atomic mass is 9.99. The van der Waals surface area contributed by atoms with Crippen LogP contribution in [0.5, 0.6) is 0 Å². The number of rotatable bonds is 5. The normalized spacial score (nSPS) is 18.6. The van der Waals surface area contributed by atoms with Gasteiger partial charge in [-0.15, -0.1) is 0 Å². The maximum atomic E-state index is 12.7. The number of hydrogen-bond donors (Lipinski definition) is 0. The second-order valence-corrected chi connectivity index (χ2v) is 8.02. The molecule has 0 aliphatic carbocycles. The van der Waals surface area contributed by atoms with Crippen LogP contribution >= 0.6 is 0 Å². The first-order chi connectivity index (χ1) is 10.9. The average molecular weight is 339 g/mol. The first kappa shape index (κ1) is 17.9. The van der Waals surface area contributed by atoms with Crippen LogP contribution in [0, 0.1) is 5.92 Å². The average Bonchev–Trinajstić information content (AvgIpc) is 2.60. The molecule has 1 aliphatic heterocycles. The molecule has 0 amide bonds. The molecule has 1 fully saturated rings. The Hall–Kier alpha value is -1.40. The van der Waals surface area contributed by atoms with Gasteiger partial charge in [0.25, 0.3) is 0 Å². The van der Waals surface area contributed by atoms with Crippen LogP contribution in [-0.2, 0) is 19.6 Å². The van der Waals surface area contributed by atoms with E-state index in [0.29, 0.717) is 36.7 Å². The number of carbonyl (C=O) groups is 1. The molecule has 1 atom stereocenters. The highest BCUT2D eigenvalue weighted by Crippen LogP contribution is 2.26. The topological polar surface area (TPSA) is 63.7 Å². The summed E-state index contributed by atoms with van der Waals surface area (Å²) >= 11 is 0. The van der Waals surface area contributed by atoms with E-state index in [-0.39, 0.29) is 11.9 Å². The Morgan fingerprint density at radius 3 is 2.30 bits per heavy atom. The summed E-state index contributed by atoms with van der Waals surface area (Å²) in [6.45, 7) is 4.95. The molecule has 128 valence electrons. The van der Waals surface area contributed by atoms with E-state index < -0.39 is 10.0 Å². The van der Waals surface area contributed by atoms with Gasteiger partial charge in [-0.3, -0.25) is 4.79 Å². The fourth-order valence-corrected chi connectivity index (χ4v) is 4.32. The minimum atomic E-state index is -3.49. The van der Waals surface area contributed by atoms with Crippen molar-refractivity contribution in [2.75, 3.05) is 20.2 Å². The second kappa shape index (κ2) is 7.45. The van der Waals surface area contributed by atoms with Crippen LogP contribution in [0.3, 0.4) is 0 Å². The van der Waals surface area contributed by atoms with Crippen LogP contribution in [0.25, 0.3) is 0 Å². The summed E-state index contributed by atoms with van der Waals surface area (Å²) in [5.74, 6) is -0.0262. The Labute approximate surface area is 138 Å². The summed E-state index contributed by atoms with van der Waals surface area (Å²) in [4.78, 5) is 11.9. The van der Waals surface area contributed by atoms with Gasteiger partial charge < -0.3 is 4.74 Å². The molecule has 1 aliphatic rings. The van der Waals surface area contributed by atoms with Gasteiger partial charge in [-0.25, -0.2) is 8.42 Å². The van der Waals surface area contributed by atoms with Crippen molar-refractivity contribution in [2.24, 2.45) is 5.92 Å². The first-order valence-electron chi connectivity index (χ1n) is 8.08. The van der Waals surface area contributed by atoms with E-state index >= 15 is 0 Å². The van der Waals surface area contributed by atoms with Crippen molar-refractivity contribution in [3.63, 3.8) is 0 Å². The molecule has 0 N–H and O–H groups in total. The minimum absolute atomic E-state index is 0.195. The van der Waals surface area contributed by atoms with Crippen LogP contribution in [0.15, 0.2) is 29.2 Å². The molecule has 1 unspecified atom stereocenters. The molecule has 0 aromatic heterocycles. The van der Waals surface area contributed by atoms with E-state index in [0.717, 1.165) is 12.0 Å². The third-order valence-corrected chi connectivity index (χ3v) is 6.60. The Kier molecular flexibility index (Phi) is 5.81. The van der Waals surface area contributed by atoms with Gasteiger partial charge >= 0.3 is 5.97 Å². The Balaban J connectivity index is 2.09. The van der Waals surface area contributed by atoms with Crippen molar-refractivity contribution in [1.29, 1.82) is 0 Å². The van der Waals surface area contributed by atoms with Crippen molar-refractivity contribution in [2.45, 2.75) is 43.9 Å². The van der Waals surface area contributed by atoms with E-state index in [4.69, 9.17) is 4.74 Å². The monoisotopic (exact) mass is 339 g/mol. The Morgan fingerprint density at radius 1 is 1.26 bits per heavy atom. The summed E-state index contributed by atoms with van der Waals surface area (Å²) < 4.78 is 31.6. The lowest BCUT2D eigenvalue weighted by molar-refractivity contribution is -0.146. The smallest absolute Gasteiger partial charge is 0.308 e. The van der Waals surface area contributed by atoms with E-state index in [9.17, 15) is 13.2 Å². The Bertz CT molecular complexity index is 631. The van der Waals surface area contributed by atoms with Crippen LogP contribution in [0.1, 0.15) is 44.6 Å². The number of nitrogens with zero attached hydrogens (tertiary/aromatic N) is 1. The number of esters is 1. The minimum Gasteiger partial charge on any atom is -0.469 e. The number of sulfonamides is 1. The van der Waals surface area contributed by atoms with Crippen LogP contribution in [0.2, 0.25) is 0 Å². The van der Waals surface area contributed by atoms with Gasteiger partial charge in [-0.1, -0.05) is 26.0 Å². The van der Waals surface area contributed by atoms with Gasteiger partial charge in [0.2, 0.25) is 10.0 Å². The Morgan fingerprint density at radius 2 is 1.83 bits per heavy atom. The standard InChI is InChI=1S/C17H25NO4S/c1-4-13(2)14-5-7-16(8-6-14)23(20,21)18-11-9-15(10-12-18)17(19)22-3/h5-8,13,15H,4,9-12H2,1-3H3. The van der Waals surface area contributed by atoms with Crippen molar-refractivity contribution in [1.82, 2.24) is 4.31 Å². The summed E-state index contributed by atoms with van der Waals surface area (Å²) in [5.41, 5.74) is 1.15. The third kappa shape index (κ3) is 3.93. The summed E-state index contributed by atoms with van der Waals surface area (Å²) in [6, 6.07) is 7.15. The van der Waals surface area contributed by atoms with Gasteiger partial charge in [0, 0.05) is 13.1 Å². The van der Waals surface area contributed by atoms with Crippen LogP contribution in [-0.4, -0.2) is 38.9 Å². The maximum absolute atomic E-state index is 12.7. The lowest BCUT2D eigenvalue weighted by Gasteiger charge is -2.29. The molecular weight excluding hydrogens is 314 g/mol. The molecule has 0 bridgehead atoms. The number of ether oxygens (including phenoxy) is 1. The van der Waals surface area contributed by atoms with Gasteiger partial charge in [0.1, 0.15) is 0 Å². The summed E-state index contributed by atoms with van der Waals surface area (Å²) in [5, 5.41) is 0. The number of hydrogen-bond acceptors (Lipinski definition) is 4. The highest BCUT2D eigenvalue weighted by atomic mass is 32.2. The van der Waals surface area contributed by atoms with Crippen molar-refractivity contribution in [3.8, 4) is 0 Å². The quantitative estimate of drug-likeness (QED) is 0.774. The highest BCUT2D eigenvalue weighted by Gasteiger charge is 2.32. The predicted octanol–water partition coefficient (Wildman–Crippen LogP) is 2.77. The summed E-state index contributed by atoms with van der Waals surface area (Å²) in [7, 11) is -2.12.